The third-order valence-electron chi connectivity index (χ3n) is 2.74. The van der Waals surface area contributed by atoms with Gasteiger partial charge in [-0.05, 0) is 25.5 Å². The zero-order chi connectivity index (χ0) is 14.4. The highest BCUT2D eigenvalue weighted by atomic mass is 16.1. The molecule has 0 saturated heterocycles. The topological polar surface area (TPSA) is 95.6 Å². The van der Waals surface area contributed by atoms with Crippen LogP contribution < -0.4 is 10.6 Å². The van der Waals surface area contributed by atoms with Crippen LogP contribution in [0.15, 0.2) is 18.5 Å². The molecule has 20 heavy (non-hydrogen) atoms. The van der Waals surface area contributed by atoms with Crippen LogP contribution in [0, 0.1) is 0 Å². The monoisotopic (exact) mass is 274 g/mol. The van der Waals surface area contributed by atoms with Gasteiger partial charge in [-0.15, -0.1) is 0 Å². The number of hydrogen-bond acceptors (Lipinski definition) is 5. The van der Waals surface area contributed by atoms with Gasteiger partial charge in [-0.25, -0.2) is 9.97 Å². The lowest BCUT2D eigenvalue weighted by Crippen LogP contribution is -2.24. The Kier molecular flexibility index (Phi) is 4.65. The van der Waals surface area contributed by atoms with Gasteiger partial charge in [-0.1, -0.05) is 6.92 Å². The second-order valence-corrected chi connectivity index (χ2v) is 4.23. The molecule has 0 aliphatic rings. The standard InChI is InChI=1S/C13H18N6O/c1-3-10-5-9(6-11(18-10)14-4-2)13(20)15-7-12-16-8-17-19-12/h5-6,8H,3-4,7H2,1-2H3,(H,14,18)(H,15,20)(H,16,17,19). The highest BCUT2D eigenvalue weighted by Gasteiger charge is 2.09. The fourth-order valence-corrected chi connectivity index (χ4v) is 1.75. The Balaban J connectivity index is 2.09. The number of amides is 1. The molecule has 0 unspecified atom stereocenters. The number of hydrogen-bond donors (Lipinski definition) is 3. The molecular weight excluding hydrogens is 256 g/mol. The first-order valence-corrected chi connectivity index (χ1v) is 6.60. The Morgan fingerprint density at radius 3 is 2.85 bits per heavy atom. The molecule has 3 N–H and O–H groups in total. The molecule has 106 valence electrons. The Hall–Kier alpha value is -2.44. The maximum atomic E-state index is 12.1. The average Bonchev–Trinajstić information content (AvgIpc) is 2.98. The van der Waals surface area contributed by atoms with E-state index in [9.17, 15) is 4.79 Å². The molecule has 2 rings (SSSR count). The molecule has 0 aliphatic carbocycles. The average molecular weight is 274 g/mol. The van der Waals surface area contributed by atoms with E-state index in [0.717, 1.165) is 24.5 Å². The quantitative estimate of drug-likeness (QED) is 0.733. The Labute approximate surface area is 117 Å². The lowest BCUT2D eigenvalue weighted by atomic mass is 10.2. The van der Waals surface area contributed by atoms with E-state index in [2.05, 4.69) is 30.8 Å². The van der Waals surface area contributed by atoms with Crippen molar-refractivity contribution in [2.45, 2.75) is 26.8 Å². The fourth-order valence-electron chi connectivity index (χ4n) is 1.75. The van der Waals surface area contributed by atoms with E-state index in [0.29, 0.717) is 17.9 Å². The van der Waals surface area contributed by atoms with Crippen molar-refractivity contribution in [3.8, 4) is 0 Å². The van der Waals surface area contributed by atoms with Gasteiger partial charge in [0.15, 0.2) is 0 Å². The Morgan fingerprint density at radius 1 is 1.35 bits per heavy atom. The van der Waals surface area contributed by atoms with Crippen LogP contribution in [0.5, 0.6) is 0 Å². The van der Waals surface area contributed by atoms with E-state index in [-0.39, 0.29) is 5.91 Å². The van der Waals surface area contributed by atoms with E-state index in [1.165, 1.54) is 6.33 Å². The molecule has 0 aromatic carbocycles. The second-order valence-electron chi connectivity index (χ2n) is 4.23. The van der Waals surface area contributed by atoms with E-state index in [4.69, 9.17) is 0 Å². The maximum Gasteiger partial charge on any atom is 0.251 e. The summed E-state index contributed by atoms with van der Waals surface area (Å²) < 4.78 is 0. The van der Waals surface area contributed by atoms with Gasteiger partial charge in [0, 0.05) is 17.8 Å². The van der Waals surface area contributed by atoms with Crippen LogP contribution in [-0.4, -0.2) is 32.6 Å². The van der Waals surface area contributed by atoms with Crippen LogP contribution >= 0.6 is 0 Å². The van der Waals surface area contributed by atoms with E-state index < -0.39 is 0 Å². The van der Waals surface area contributed by atoms with Gasteiger partial charge in [-0.3, -0.25) is 9.89 Å². The van der Waals surface area contributed by atoms with Crippen LogP contribution in [0.4, 0.5) is 5.82 Å². The van der Waals surface area contributed by atoms with Gasteiger partial charge in [-0.2, -0.15) is 5.10 Å². The van der Waals surface area contributed by atoms with Crippen molar-refractivity contribution < 1.29 is 4.79 Å². The van der Waals surface area contributed by atoms with Gasteiger partial charge in [0.05, 0.1) is 6.54 Å². The third kappa shape index (κ3) is 3.53. The molecule has 7 nitrogen and oxygen atoms in total. The van der Waals surface area contributed by atoms with E-state index >= 15 is 0 Å². The summed E-state index contributed by atoms with van der Waals surface area (Å²) in [5.41, 5.74) is 1.47. The van der Waals surface area contributed by atoms with Crippen LogP contribution in [0.1, 0.15) is 35.7 Å². The van der Waals surface area contributed by atoms with Gasteiger partial charge >= 0.3 is 0 Å². The summed E-state index contributed by atoms with van der Waals surface area (Å²) in [6.45, 7) is 5.08. The van der Waals surface area contributed by atoms with Gasteiger partial charge < -0.3 is 10.6 Å². The number of carbonyl (C=O) groups is 1. The van der Waals surface area contributed by atoms with Crippen LogP contribution in [0.25, 0.3) is 0 Å². The number of nitrogens with one attached hydrogen (secondary N) is 3. The molecule has 2 aromatic heterocycles. The summed E-state index contributed by atoms with van der Waals surface area (Å²) in [7, 11) is 0. The SMILES string of the molecule is CCNc1cc(C(=O)NCc2ncn[nH]2)cc(CC)n1. The summed E-state index contributed by atoms with van der Waals surface area (Å²) in [4.78, 5) is 20.5. The normalized spacial score (nSPS) is 10.3. The highest BCUT2D eigenvalue weighted by molar-refractivity contribution is 5.94. The number of aromatic nitrogens is 4. The minimum absolute atomic E-state index is 0.155. The van der Waals surface area contributed by atoms with Gasteiger partial charge in [0.25, 0.3) is 5.91 Å². The fraction of sp³-hybridized carbons (Fsp3) is 0.385. The van der Waals surface area contributed by atoms with Gasteiger partial charge in [0.2, 0.25) is 0 Å². The smallest absolute Gasteiger partial charge is 0.251 e. The van der Waals surface area contributed by atoms with E-state index in [1.54, 1.807) is 12.1 Å². The summed E-state index contributed by atoms with van der Waals surface area (Å²) >= 11 is 0. The van der Waals surface area contributed by atoms with Crippen LogP contribution in [-0.2, 0) is 13.0 Å². The molecule has 0 bridgehead atoms. The summed E-state index contributed by atoms with van der Waals surface area (Å²) in [5.74, 6) is 1.18. The molecular formula is C13H18N6O. The number of nitrogens with zero attached hydrogens (tertiary/aromatic N) is 3. The van der Waals surface area contributed by atoms with Crippen molar-refractivity contribution in [1.29, 1.82) is 0 Å². The first-order valence-electron chi connectivity index (χ1n) is 6.60. The summed E-state index contributed by atoms with van der Waals surface area (Å²) in [5, 5.41) is 12.4. The van der Waals surface area contributed by atoms with Crippen molar-refractivity contribution in [3.63, 3.8) is 0 Å². The lowest BCUT2D eigenvalue weighted by Gasteiger charge is -2.09. The zero-order valence-electron chi connectivity index (χ0n) is 11.6. The first-order chi connectivity index (χ1) is 9.72. The Bertz CT molecular complexity index is 566. The predicted molar refractivity (Wildman–Crippen MR) is 75.3 cm³/mol. The molecule has 0 aliphatic heterocycles. The number of anilines is 1. The second kappa shape index (κ2) is 6.65. The number of pyridine rings is 1. The first kappa shape index (κ1) is 14.0. The molecule has 0 radical (unpaired) electrons. The summed E-state index contributed by atoms with van der Waals surface area (Å²) in [6, 6.07) is 3.55. The third-order valence-corrected chi connectivity index (χ3v) is 2.74. The summed E-state index contributed by atoms with van der Waals surface area (Å²) in [6.07, 6.45) is 2.19. The molecule has 0 spiro atoms. The minimum atomic E-state index is -0.155. The van der Waals surface area contributed by atoms with Crippen molar-refractivity contribution in [3.05, 3.63) is 35.5 Å². The predicted octanol–water partition coefficient (Wildman–Crippen LogP) is 1.12. The molecule has 2 aromatic rings. The van der Waals surface area contributed by atoms with Gasteiger partial charge in [0.1, 0.15) is 18.0 Å². The largest absolute Gasteiger partial charge is 0.370 e. The molecule has 0 fully saturated rings. The highest BCUT2D eigenvalue weighted by Crippen LogP contribution is 2.11. The molecule has 7 heteroatoms. The minimum Gasteiger partial charge on any atom is -0.370 e. The Morgan fingerprint density at radius 2 is 2.20 bits per heavy atom. The van der Waals surface area contributed by atoms with Crippen molar-refractivity contribution in [2.24, 2.45) is 0 Å². The molecule has 0 saturated carbocycles. The molecule has 2 heterocycles. The van der Waals surface area contributed by atoms with Crippen molar-refractivity contribution in [2.75, 3.05) is 11.9 Å². The lowest BCUT2D eigenvalue weighted by molar-refractivity contribution is 0.0949. The number of carbonyl (C=O) groups excluding carboxylic acids is 1. The van der Waals surface area contributed by atoms with Crippen LogP contribution in [0.2, 0.25) is 0 Å². The molecule has 0 atom stereocenters. The number of rotatable bonds is 6. The maximum absolute atomic E-state index is 12.1. The number of H-pyrrole nitrogens is 1. The number of aryl methyl sites for hydroxylation is 1. The molecule has 1 amide bonds. The van der Waals surface area contributed by atoms with E-state index in [1.807, 2.05) is 13.8 Å². The van der Waals surface area contributed by atoms with Crippen molar-refractivity contribution >= 4 is 11.7 Å². The zero-order valence-corrected chi connectivity index (χ0v) is 11.6. The van der Waals surface area contributed by atoms with Crippen molar-refractivity contribution in [1.82, 2.24) is 25.5 Å². The number of aromatic amines is 1. The van der Waals surface area contributed by atoms with Crippen LogP contribution in [0.3, 0.4) is 0 Å².